The SMILES string of the molecule is Cc1nc2c(OCc3c(F)cccc3F)cccn2c1C(=O)NCC1CCCc2ccccc21. The number of amides is 1. The lowest BCUT2D eigenvalue weighted by molar-refractivity contribution is 0.0943. The Kier molecular flexibility index (Phi) is 6.01. The van der Waals surface area contributed by atoms with Crippen molar-refractivity contribution in [2.24, 2.45) is 0 Å². The van der Waals surface area contributed by atoms with E-state index in [0.29, 0.717) is 29.3 Å². The zero-order valence-corrected chi connectivity index (χ0v) is 18.9. The first kappa shape index (κ1) is 22.1. The van der Waals surface area contributed by atoms with Crippen molar-refractivity contribution in [3.8, 4) is 5.75 Å². The molecule has 2 aromatic carbocycles. The number of benzene rings is 2. The van der Waals surface area contributed by atoms with Gasteiger partial charge in [0, 0.05) is 18.7 Å². The van der Waals surface area contributed by atoms with Crippen molar-refractivity contribution in [1.82, 2.24) is 14.7 Å². The van der Waals surface area contributed by atoms with Crippen molar-refractivity contribution >= 4 is 11.6 Å². The van der Waals surface area contributed by atoms with Crippen LogP contribution in [0.1, 0.15) is 51.6 Å². The summed E-state index contributed by atoms with van der Waals surface area (Å²) in [5.41, 5.74) is 3.90. The molecule has 5 nitrogen and oxygen atoms in total. The van der Waals surface area contributed by atoms with Crippen molar-refractivity contribution in [1.29, 1.82) is 0 Å². The van der Waals surface area contributed by atoms with E-state index < -0.39 is 11.6 Å². The van der Waals surface area contributed by atoms with Gasteiger partial charge in [-0.25, -0.2) is 13.8 Å². The van der Waals surface area contributed by atoms with Crippen LogP contribution in [0, 0.1) is 18.6 Å². The van der Waals surface area contributed by atoms with Gasteiger partial charge in [-0.15, -0.1) is 0 Å². The van der Waals surface area contributed by atoms with Gasteiger partial charge in [-0.1, -0.05) is 30.3 Å². The standard InChI is InChI=1S/C27H25F2N3O2/c1-17-25(27(33)30-15-19-9-4-8-18-7-2-3-10-20(18)19)32-14-6-13-24(26(32)31-17)34-16-21-22(28)11-5-12-23(21)29/h2-3,5-7,10-14,19H,4,8-9,15-16H2,1H3,(H,30,33). The zero-order chi connectivity index (χ0) is 23.7. The predicted molar refractivity (Wildman–Crippen MR) is 125 cm³/mol. The van der Waals surface area contributed by atoms with Gasteiger partial charge in [0.25, 0.3) is 5.91 Å². The van der Waals surface area contributed by atoms with Crippen LogP contribution in [0.4, 0.5) is 8.78 Å². The Bertz CT molecular complexity index is 1350. The van der Waals surface area contributed by atoms with E-state index in [-0.39, 0.29) is 24.0 Å². The van der Waals surface area contributed by atoms with E-state index in [4.69, 9.17) is 4.74 Å². The number of hydrogen-bond donors (Lipinski definition) is 1. The molecule has 0 saturated heterocycles. The van der Waals surface area contributed by atoms with Gasteiger partial charge in [0.05, 0.1) is 11.3 Å². The van der Waals surface area contributed by atoms with E-state index >= 15 is 0 Å². The normalized spacial score (nSPS) is 15.2. The summed E-state index contributed by atoms with van der Waals surface area (Å²) in [5, 5.41) is 3.08. The number of nitrogens with zero attached hydrogens (tertiary/aromatic N) is 2. The third kappa shape index (κ3) is 4.14. The monoisotopic (exact) mass is 461 g/mol. The highest BCUT2D eigenvalue weighted by molar-refractivity contribution is 5.95. The van der Waals surface area contributed by atoms with Crippen LogP contribution in [0.3, 0.4) is 0 Å². The van der Waals surface area contributed by atoms with Crippen LogP contribution in [0.2, 0.25) is 0 Å². The van der Waals surface area contributed by atoms with Gasteiger partial charge in [-0.05, 0) is 61.6 Å². The third-order valence-corrected chi connectivity index (χ3v) is 6.44. The van der Waals surface area contributed by atoms with E-state index in [9.17, 15) is 13.6 Å². The quantitative estimate of drug-likeness (QED) is 0.421. The highest BCUT2D eigenvalue weighted by Crippen LogP contribution is 2.31. The third-order valence-electron chi connectivity index (χ3n) is 6.44. The van der Waals surface area contributed by atoms with Gasteiger partial charge in [0.1, 0.15) is 23.9 Å². The predicted octanol–water partition coefficient (Wildman–Crippen LogP) is 5.35. The summed E-state index contributed by atoms with van der Waals surface area (Å²) in [6.07, 6.45) is 4.95. The number of aryl methyl sites for hydroxylation is 2. The van der Waals surface area contributed by atoms with Gasteiger partial charge >= 0.3 is 0 Å². The molecule has 5 rings (SSSR count). The van der Waals surface area contributed by atoms with Crippen LogP contribution in [-0.2, 0) is 13.0 Å². The molecule has 4 aromatic rings. The minimum absolute atomic E-state index is 0.154. The van der Waals surface area contributed by atoms with E-state index in [0.717, 1.165) is 19.3 Å². The molecule has 0 fully saturated rings. The molecule has 7 heteroatoms. The summed E-state index contributed by atoms with van der Waals surface area (Å²) < 4.78 is 35.3. The first-order chi connectivity index (χ1) is 16.5. The number of imidazole rings is 1. The molecule has 0 saturated carbocycles. The Morgan fingerprint density at radius 1 is 1.12 bits per heavy atom. The largest absolute Gasteiger partial charge is 0.485 e. The number of carbonyl (C=O) groups is 1. The molecule has 2 aromatic heterocycles. The molecule has 1 aliphatic rings. The molecular weight excluding hydrogens is 436 g/mol. The zero-order valence-electron chi connectivity index (χ0n) is 18.9. The smallest absolute Gasteiger partial charge is 0.270 e. The first-order valence-electron chi connectivity index (χ1n) is 11.4. The molecule has 1 aliphatic carbocycles. The van der Waals surface area contributed by atoms with E-state index in [1.165, 1.54) is 29.3 Å². The van der Waals surface area contributed by atoms with Gasteiger partial charge < -0.3 is 10.1 Å². The summed E-state index contributed by atoms with van der Waals surface area (Å²) in [7, 11) is 0. The number of hydrogen-bond acceptors (Lipinski definition) is 3. The molecule has 1 N–H and O–H groups in total. The Hall–Kier alpha value is -3.74. The van der Waals surface area contributed by atoms with E-state index in [2.05, 4.69) is 28.5 Å². The number of aromatic nitrogens is 2. The van der Waals surface area contributed by atoms with Crippen molar-refractivity contribution in [2.45, 2.75) is 38.7 Å². The average molecular weight is 462 g/mol. The number of ether oxygens (including phenoxy) is 1. The summed E-state index contributed by atoms with van der Waals surface area (Å²) in [6.45, 7) is 2.02. The number of pyridine rings is 1. The Morgan fingerprint density at radius 3 is 2.74 bits per heavy atom. The number of carbonyl (C=O) groups excluding carboxylic acids is 1. The van der Waals surface area contributed by atoms with E-state index in [1.54, 1.807) is 29.7 Å². The number of fused-ring (bicyclic) bond motifs is 2. The summed E-state index contributed by atoms with van der Waals surface area (Å²) in [6, 6.07) is 15.5. The highest BCUT2D eigenvalue weighted by Gasteiger charge is 2.23. The van der Waals surface area contributed by atoms with Crippen molar-refractivity contribution < 1.29 is 18.3 Å². The molecular formula is C27H25F2N3O2. The molecule has 2 heterocycles. The molecule has 1 unspecified atom stereocenters. The fourth-order valence-electron chi connectivity index (χ4n) is 4.73. The van der Waals surface area contributed by atoms with Crippen LogP contribution in [0.15, 0.2) is 60.8 Å². The lowest BCUT2D eigenvalue weighted by Gasteiger charge is -2.25. The van der Waals surface area contributed by atoms with Crippen LogP contribution in [0.25, 0.3) is 5.65 Å². The minimum atomic E-state index is -0.671. The second kappa shape index (κ2) is 9.25. The number of halogens is 2. The molecule has 34 heavy (non-hydrogen) atoms. The molecule has 0 radical (unpaired) electrons. The Balaban J connectivity index is 1.35. The van der Waals surface area contributed by atoms with Crippen molar-refractivity contribution in [3.05, 3.63) is 101 Å². The maximum absolute atomic E-state index is 14.0. The molecule has 1 amide bonds. The highest BCUT2D eigenvalue weighted by atomic mass is 19.1. The molecule has 0 aliphatic heterocycles. The summed E-state index contributed by atoms with van der Waals surface area (Å²) in [5.74, 6) is -0.937. The number of nitrogens with one attached hydrogen (secondary N) is 1. The van der Waals surface area contributed by atoms with Crippen molar-refractivity contribution in [2.75, 3.05) is 6.54 Å². The van der Waals surface area contributed by atoms with Gasteiger partial charge in [0.15, 0.2) is 11.4 Å². The Labute approximate surface area is 196 Å². The molecule has 174 valence electrons. The number of rotatable bonds is 6. The second-order valence-corrected chi connectivity index (χ2v) is 8.60. The fourth-order valence-corrected chi connectivity index (χ4v) is 4.73. The van der Waals surface area contributed by atoms with Gasteiger partial charge in [-0.3, -0.25) is 9.20 Å². The molecule has 0 spiro atoms. The van der Waals surface area contributed by atoms with Crippen LogP contribution >= 0.6 is 0 Å². The van der Waals surface area contributed by atoms with Gasteiger partial charge in [0.2, 0.25) is 0 Å². The van der Waals surface area contributed by atoms with Crippen molar-refractivity contribution in [3.63, 3.8) is 0 Å². The lowest BCUT2D eigenvalue weighted by Crippen LogP contribution is -2.31. The summed E-state index contributed by atoms with van der Waals surface area (Å²) in [4.78, 5) is 17.7. The van der Waals surface area contributed by atoms with Crippen LogP contribution in [0.5, 0.6) is 5.75 Å². The maximum atomic E-state index is 14.0. The molecule has 1 atom stereocenters. The molecule has 0 bridgehead atoms. The first-order valence-corrected chi connectivity index (χ1v) is 11.4. The van der Waals surface area contributed by atoms with Crippen LogP contribution in [-0.4, -0.2) is 21.8 Å². The average Bonchev–Trinajstić information content (AvgIpc) is 3.18. The minimum Gasteiger partial charge on any atom is -0.485 e. The van der Waals surface area contributed by atoms with E-state index in [1.807, 2.05) is 6.07 Å². The lowest BCUT2D eigenvalue weighted by atomic mass is 9.83. The maximum Gasteiger partial charge on any atom is 0.270 e. The Morgan fingerprint density at radius 2 is 1.91 bits per heavy atom. The fraction of sp³-hybridized carbons (Fsp3) is 0.259. The summed E-state index contributed by atoms with van der Waals surface area (Å²) >= 11 is 0. The topological polar surface area (TPSA) is 55.6 Å². The van der Waals surface area contributed by atoms with Crippen LogP contribution < -0.4 is 10.1 Å². The van der Waals surface area contributed by atoms with Gasteiger partial charge in [-0.2, -0.15) is 0 Å². The second-order valence-electron chi connectivity index (χ2n) is 8.60.